The van der Waals surface area contributed by atoms with E-state index >= 15 is 0 Å². The van der Waals surface area contributed by atoms with Gasteiger partial charge in [-0.25, -0.2) is 0 Å². The van der Waals surface area contributed by atoms with Gasteiger partial charge in [-0.3, -0.25) is 4.79 Å². The molecule has 0 saturated carbocycles. The third kappa shape index (κ3) is 3.55. The van der Waals surface area contributed by atoms with Crippen LogP contribution in [0, 0.1) is 0 Å². The second-order valence-electron chi connectivity index (χ2n) is 5.96. The second-order valence-corrected chi connectivity index (χ2v) is 5.96. The summed E-state index contributed by atoms with van der Waals surface area (Å²) in [7, 11) is 0. The minimum absolute atomic E-state index is 0.211. The van der Waals surface area contributed by atoms with Crippen molar-refractivity contribution in [1.29, 1.82) is 0 Å². The monoisotopic (exact) mass is 308 g/mol. The summed E-state index contributed by atoms with van der Waals surface area (Å²) in [5.41, 5.74) is 3.60. The van der Waals surface area contributed by atoms with Gasteiger partial charge in [-0.05, 0) is 30.5 Å². The molecule has 3 rings (SSSR count). The number of carbonyl (C=O) groups excluding carboxylic acids is 1. The average Bonchev–Trinajstić information content (AvgIpc) is 2.80. The molecule has 0 atom stereocenters. The van der Waals surface area contributed by atoms with Crippen molar-refractivity contribution >= 4 is 17.3 Å². The van der Waals surface area contributed by atoms with E-state index in [0.29, 0.717) is 6.42 Å². The van der Waals surface area contributed by atoms with Crippen LogP contribution in [0.25, 0.3) is 0 Å². The maximum Gasteiger partial charge on any atom is 0.226 e. The largest absolute Gasteiger partial charge is 0.369 e. The smallest absolute Gasteiger partial charge is 0.226 e. The SMILES string of the molecule is CCC(=O)N1CCCN(CCc2ccccc2)c2ccccc21. The molecule has 3 nitrogen and oxygen atoms in total. The van der Waals surface area contributed by atoms with Gasteiger partial charge in [0.1, 0.15) is 0 Å². The topological polar surface area (TPSA) is 23.6 Å². The van der Waals surface area contributed by atoms with Crippen LogP contribution in [0.3, 0.4) is 0 Å². The summed E-state index contributed by atoms with van der Waals surface area (Å²) >= 11 is 0. The predicted molar refractivity (Wildman–Crippen MR) is 96.1 cm³/mol. The van der Waals surface area contributed by atoms with Crippen molar-refractivity contribution in [3.05, 3.63) is 60.2 Å². The molecule has 0 fully saturated rings. The van der Waals surface area contributed by atoms with Gasteiger partial charge in [-0.2, -0.15) is 0 Å². The molecule has 0 bridgehead atoms. The molecule has 0 N–H and O–H groups in total. The highest BCUT2D eigenvalue weighted by atomic mass is 16.2. The zero-order valence-electron chi connectivity index (χ0n) is 13.7. The number of nitrogens with zero attached hydrogens (tertiary/aromatic N) is 2. The third-order valence-electron chi connectivity index (χ3n) is 4.44. The van der Waals surface area contributed by atoms with E-state index in [1.54, 1.807) is 0 Å². The van der Waals surface area contributed by atoms with Crippen molar-refractivity contribution in [2.75, 3.05) is 29.4 Å². The molecule has 0 unspecified atom stereocenters. The molecule has 2 aromatic rings. The van der Waals surface area contributed by atoms with Crippen molar-refractivity contribution in [3.63, 3.8) is 0 Å². The summed E-state index contributed by atoms with van der Waals surface area (Å²) < 4.78 is 0. The summed E-state index contributed by atoms with van der Waals surface area (Å²) in [5.74, 6) is 0.211. The average molecular weight is 308 g/mol. The van der Waals surface area contributed by atoms with Crippen molar-refractivity contribution in [1.82, 2.24) is 0 Å². The lowest BCUT2D eigenvalue weighted by atomic mass is 10.1. The summed E-state index contributed by atoms with van der Waals surface area (Å²) in [6, 6.07) is 18.9. The van der Waals surface area contributed by atoms with Gasteiger partial charge in [0.2, 0.25) is 5.91 Å². The van der Waals surface area contributed by atoms with E-state index in [-0.39, 0.29) is 5.91 Å². The lowest BCUT2D eigenvalue weighted by Crippen LogP contribution is -2.30. The molecule has 23 heavy (non-hydrogen) atoms. The van der Waals surface area contributed by atoms with Crippen LogP contribution in [0.4, 0.5) is 11.4 Å². The fourth-order valence-electron chi connectivity index (χ4n) is 3.21. The molecule has 1 amide bonds. The Bertz CT molecular complexity index is 654. The van der Waals surface area contributed by atoms with E-state index in [4.69, 9.17) is 0 Å². The van der Waals surface area contributed by atoms with Crippen LogP contribution in [-0.2, 0) is 11.2 Å². The first-order valence-electron chi connectivity index (χ1n) is 8.48. The molecule has 1 aliphatic heterocycles. The van der Waals surface area contributed by atoms with E-state index in [0.717, 1.165) is 38.2 Å². The summed E-state index contributed by atoms with van der Waals surface area (Å²) in [6.07, 6.45) is 2.59. The Morgan fingerprint density at radius 3 is 2.39 bits per heavy atom. The van der Waals surface area contributed by atoms with Crippen LogP contribution >= 0.6 is 0 Å². The zero-order valence-corrected chi connectivity index (χ0v) is 13.7. The number of carbonyl (C=O) groups is 1. The minimum Gasteiger partial charge on any atom is -0.369 e. The van der Waals surface area contributed by atoms with Crippen LogP contribution in [0.1, 0.15) is 25.3 Å². The first kappa shape index (κ1) is 15.6. The number of amides is 1. The Balaban J connectivity index is 1.82. The van der Waals surface area contributed by atoms with Gasteiger partial charge in [0.15, 0.2) is 0 Å². The number of hydrogen-bond acceptors (Lipinski definition) is 2. The molecule has 0 aliphatic carbocycles. The molecule has 1 heterocycles. The fraction of sp³-hybridized carbons (Fsp3) is 0.350. The normalized spacial score (nSPS) is 14.3. The van der Waals surface area contributed by atoms with Gasteiger partial charge < -0.3 is 9.80 Å². The Morgan fingerprint density at radius 2 is 1.65 bits per heavy atom. The van der Waals surface area contributed by atoms with Crippen molar-refractivity contribution < 1.29 is 4.79 Å². The van der Waals surface area contributed by atoms with E-state index in [1.807, 2.05) is 17.9 Å². The molecular weight excluding hydrogens is 284 g/mol. The number of fused-ring (bicyclic) bond motifs is 1. The van der Waals surface area contributed by atoms with E-state index in [2.05, 4.69) is 53.4 Å². The molecule has 2 aromatic carbocycles. The van der Waals surface area contributed by atoms with Gasteiger partial charge in [-0.15, -0.1) is 0 Å². The molecular formula is C20H24N2O. The first-order chi connectivity index (χ1) is 11.3. The van der Waals surface area contributed by atoms with Crippen LogP contribution in [0.15, 0.2) is 54.6 Å². The predicted octanol–water partition coefficient (Wildman–Crippen LogP) is 3.88. The Labute approximate surface area is 138 Å². The molecule has 0 aromatic heterocycles. The van der Waals surface area contributed by atoms with Crippen LogP contribution in [0.2, 0.25) is 0 Å². The number of para-hydroxylation sites is 2. The fourth-order valence-corrected chi connectivity index (χ4v) is 3.21. The van der Waals surface area contributed by atoms with Crippen LogP contribution in [-0.4, -0.2) is 25.5 Å². The van der Waals surface area contributed by atoms with Crippen molar-refractivity contribution in [2.45, 2.75) is 26.2 Å². The standard InChI is InChI=1S/C20H24N2O/c1-2-20(23)22-15-8-14-21(18-11-6-7-12-19(18)22)16-13-17-9-4-3-5-10-17/h3-7,9-12H,2,8,13-16H2,1H3. The summed E-state index contributed by atoms with van der Waals surface area (Å²) in [5, 5.41) is 0. The van der Waals surface area contributed by atoms with E-state index in [9.17, 15) is 4.79 Å². The second kappa shape index (κ2) is 7.32. The Hall–Kier alpha value is -2.29. The molecule has 0 radical (unpaired) electrons. The number of anilines is 2. The van der Waals surface area contributed by atoms with Gasteiger partial charge in [-0.1, -0.05) is 49.4 Å². The third-order valence-corrected chi connectivity index (χ3v) is 4.44. The maximum absolute atomic E-state index is 12.3. The lowest BCUT2D eigenvalue weighted by molar-refractivity contribution is -0.118. The molecule has 1 aliphatic rings. The highest BCUT2D eigenvalue weighted by molar-refractivity contribution is 5.97. The number of hydrogen-bond donors (Lipinski definition) is 0. The Kier molecular flexibility index (Phi) is 4.96. The summed E-state index contributed by atoms with van der Waals surface area (Å²) in [4.78, 5) is 16.7. The van der Waals surface area contributed by atoms with Crippen molar-refractivity contribution in [3.8, 4) is 0 Å². The molecule has 0 saturated heterocycles. The van der Waals surface area contributed by atoms with Crippen molar-refractivity contribution in [2.24, 2.45) is 0 Å². The van der Waals surface area contributed by atoms with Crippen LogP contribution < -0.4 is 9.80 Å². The summed E-state index contributed by atoms with van der Waals surface area (Å²) in [6.45, 7) is 4.72. The van der Waals surface area contributed by atoms with Gasteiger partial charge in [0.05, 0.1) is 11.4 Å². The Morgan fingerprint density at radius 1 is 0.957 bits per heavy atom. The number of rotatable bonds is 4. The first-order valence-corrected chi connectivity index (χ1v) is 8.48. The lowest BCUT2D eigenvalue weighted by Gasteiger charge is -2.26. The van der Waals surface area contributed by atoms with Crippen LogP contribution in [0.5, 0.6) is 0 Å². The maximum atomic E-state index is 12.3. The molecule has 0 spiro atoms. The van der Waals surface area contributed by atoms with Gasteiger partial charge >= 0.3 is 0 Å². The highest BCUT2D eigenvalue weighted by Gasteiger charge is 2.23. The highest BCUT2D eigenvalue weighted by Crippen LogP contribution is 2.32. The minimum atomic E-state index is 0.211. The van der Waals surface area contributed by atoms with Gasteiger partial charge in [0.25, 0.3) is 0 Å². The van der Waals surface area contributed by atoms with E-state index in [1.165, 1.54) is 11.3 Å². The van der Waals surface area contributed by atoms with Gasteiger partial charge in [0, 0.05) is 26.1 Å². The zero-order chi connectivity index (χ0) is 16.1. The van der Waals surface area contributed by atoms with E-state index < -0.39 is 0 Å². The number of benzene rings is 2. The molecule has 120 valence electrons. The molecule has 3 heteroatoms. The quantitative estimate of drug-likeness (QED) is 0.855.